The van der Waals surface area contributed by atoms with Gasteiger partial charge in [0, 0.05) is 31.9 Å². The fourth-order valence-corrected chi connectivity index (χ4v) is 4.44. The Balaban J connectivity index is 1.83. The summed E-state index contributed by atoms with van der Waals surface area (Å²) in [7, 11) is 1.63. The molecule has 2 atom stereocenters. The van der Waals surface area contributed by atoms with Gasteiger partial charge in [-0.2, -0.15) is 0 Å². The summed E-state index contributed by atoms with van der Waals surface area (Å²) in [4.78, 5) is 31.2. The van der Waals surface area contributed by atoms with E-state index in [-0.39, 0.29) is 41.9 Å². The van der Waals surface area contributed by atoms with Crippen molar-refractivity contribution in [3.05, 3.63) is 30.1 Å². The van der Waals surface area contributed by atoms with E-state index in [0.29, 0.717) is 0 Å². The van der Waals surface area contributed by atoms with Gasteiger partial charge >= 0.3 is 0 Å². The fraction of sp³-hybridized carbons (Fsp3) is 0.632. The zero-order valence-corrected chi connectivity index (χ0v) is 15.2. The van der Waals surface area contributed by atoms with Crippen molar-refractivity contribution >= 4 is 11.8 Å². The number of nitrogens with one attached hydrogen (secondary N) is 1. The number of carbonyl (C=O) groups excluding carboxylic acids is 2. The number of hydrogen-bond donors (Lipinski definition) is 1. The molecular weight excluding hydrogens is 318 g/mol. The molecule has 0 saturated carbocycles. The third-order valence-corrected chi connectivity index (χ3v) is 5.33. The smallest absolute Gasteiger partial charge is 0.229 e. The fourth-order valence-electron chi connectivity index (χ4n) is 4.44. The lowest BCUT2D eigenvalue weighted by Gasteiger charge is -2.39. The van der Waals surface area contributed by atoms with Gasteiger partial charge in [-0.3, -0.25) is 14.6 Å². The molecule has 1 spiro atoms. The maximum atomic E-state index is 13.0. The first-order valence-electron chi connectivity index (χ1n) is 8.95. The Morgan fingerprint density at radius 1 is 1.40 bits per heavy atom. The van der Waals surface area contributed by atoms with Gasteiger partial charge in [0.05, 0.1) is 30.1 Å². The Morgan fingerprint density at radius 3 is 2.88 bits per heavy atom. The second kappa shape index (κ2) is 6.75. The maximum absolute atomic E-state index is 13.0. The van der Waals surface area contributed by atoms with Gasteiger partial charge in [0.2, 0.25) is 11.8 Å². The monoisotopic (exact) mass is 345 g/mol. The summed E-state index contributed by atoms with van der Waals surface area (Å²) < 4.78 is 6.22. The SMILES string of the molecule is CNC(=O)C[C@@H]1OC(C)(C)C[C@]12CCCN2C(=O)Cc1ccccn1. The van der Waals surface area contributed by atoms with Crippen LogP contribution >= 0.6 is 0 Å². The average Bonchev–Trinajstić information content (AvgIpc) is 3.09. The quantitative estimate of drug-likeness (QED) is 0.901. The highest BCUT2D eigenvalue weighted by Gasteiger charge is 2.58. The van der Waals surface area contributed by atoms with Gasteiger partial charge < -0.3 is 15.0 Å². The molecule has 2 fully saturated rings. The number of nitrogens with zero attached hydrogens (tertiary/aromatic N) is 2. The molecule has 136 valence electrons. The van der Waals surface area contributed by atoms with Gasteiger partial charge in [-0.05, 0) is 38.8 Å². The van der Waals surface area contributed by atoms with Crippen LogP contribution < -0.4 is 5.32 Å². The number of aromatic nitrogens is 1. The lowest BCUT2D eigenvalue weighted by Crippen LogP contribution is -2.54. The van der Waals surface area contributed by atoms with Crippen molar-refractivity contribution in [2.45, 2.75) is 63.2 Å². The standard InChI is InChI=1S/C19H27N3O3/c1-18(2)13-19(15(25-18)12-16(23)20-3)8-6-10-22(19)17(24)11-14-7-4-5-9-21-14/h4-5,7,9,15H,6,8,10-13H2,1-3H3,(H,20,23)/t15-,19+/m0/s1. The Kier molecular flexibility index (Phi) is 4.82. The summed E-state index contributed by atoms with van der Waals surface area (Å²) in [6.45, 7) is 4.80. The van der Waals surface area contributed by atoms with Crippen LogP contribution in [0.4, 0.5) is 0 Å². The van der Waals surface area contributed by atoms with Gasteiger partial charge in [-0.25, -0.2) is 0 Å². The van der Waals surface area contributed by atoms with E-state index in [9.17, 15) is 9.59 Å². The van der Waals surface area contributed by atoms with E-state index in [1.54, 1.807) is 13.2 Å². The van der Waals surface area contributed by atoms with E-state index in [2.05, 4.69) is 10.3 Å². The van der Waals surface area contributed by atoms with E-state index < -0.39 is 0 Å². The number of ether oxygens (including phenoxy) is 1. The highest BCUT2D eigenvalue weighted by atomic mass is 16.5. The van der Waals surface area contributed by atoms with Gasteiger partial charge in [-0.1, -0.05) is 6.07 Å². The highest BCUT2D eigenvalue weighted by Crippen LogP contribution is 2.49. The van der Waals surface area contributed by atoms with Crippen molar-refractivity contribution in [3.8, 4) is 0 Å². The molecule has 2 aliphatic heterocycles. The first kappa shape index (κ1) is 17.9. The van der Waals surface area contributed by atoms with Crippen LogP contribution in [0, 0.1) is 0 Å². The van der Waals surface area contributed by atoms with Crippen molar-refractivity contribution in [2.75, 3.05) is 13.6 Å². The molecule has 3 rings (SSSR count). The highest BCUT2D eigenvalue weighted by molar-refractivity contribution is 5.80. The van der Waals surface area contributed by atoms with Gasteiger partial charge in [0.25, 0.3) is 0 Å². The summed E-state index contributed by atoms with van der Waals surface area (Å²) in [6.07, 6.45) is 4.60. The maximum Gasteiger partial charge on any atom is 0.229 e. The summed E-state index contributed by atoms with van der Waals surface area (Å²) in [5.41, 5.74) is 0.0459. The summed E-state index contributed by atoms with van der Waals surface area (Å²) >= 11 is 0. The van der Waals surface area contributed by atoms with Crippen molar-refractivity contribution in [2.24, 2.45) is 0 Å². The normalized spacial score (nSPS) is 27.6. The molecular formula is C19H27N3O3. The summed E-state index contributed by atoms with van der Waals surface area (Å²) in [5.74, 6) is 0.0190. The average molecular weight is 345 g/mol. The van der Waals surface area contributed by atoms with Crippen LogP contribution in [0.1, 0.15) is 45.2 Å². The van der Waals surface area contributed by atoms with E-state index in [1.807, 2.05) is 36.9 Å². The van der Waals surface area contributed by atoms with Crippen molar-refractivity contribution < 1.29 is 14.3 Å². The molecule has 1 aromatic rings. The van der Waals surface area contributed by atoms with Crippen LogP contribution in [0.5, 0.6) is 0 Å². The van der Waals surface area contributed by atoms with Crippen molar-refractivity contribution in [3.63, 3.8) is 0 Å². The Hall–Kier alpha value is -1.95. The second-order valence-electron chi connectivity index (χ2n) is 7.67. The topological polar surface area (TPSA) is 71.5 Å². The van der Waals surface area contributed by atoms with Crippen LogP contribution in [0.15, 0.2) is 24.4 Å². The van der Waals surface area contributed by atoms with Crippen LogP contribution in [-0.2, 0) is 20.7 Å². The molecule has 1 aromatic heterocycles. The summed E-state index contributed by atoms with van der Waals surface area (Å²) in [6, 6.07) is 5.61. The molecule has 0 bridgehead atoms. The van der Waals surface area contributed by atoms with Crippen LogP contribution in [-0.4, -0.2) is 52.5 Å². The van der Waals surface area contributed by atoms with Crippen molar-refractivity contribution in [1.82, 2.24) is 15.2 Å². The molecule has 0 aromatic carbocycles. The third-order valence-electron chi connectivity index (χ3n) is 5.33. The molecule has 0 unspecified atom stereocenters. The number of likely N-dealkylation sites (tertiary alicyclic amines) is 1. The van der Waals surface area contributed by atoms with Crippen molar-refractivity contribution in [1.29, 1.82) is 0 Å². The number of amides is 2. The number of pyridine rings is 1. The molecule has 6 heteroatoms. The largest absolute Gasteiger partial charge is 0.369 e. The third kappa shape index (κ3) is 3.54. The minimum Gasteiger partial charge on any atom is -0.369 e. The minimum atomic E-state index is -0.387. The zero-order chi connectivity index (χ0) is 18.1. The molecule has 0 radical (unpaired) electrons. The first-order valence-corrected chi connectivity index (χ1v) is 8.95. The van der Waals surface area contributed by atoms with Gasteiger partial charge in [0.15, 0.2) is 0 Å². The predicted octanol–water partition coefficient (Wildman–Crippen LogP) is 1.69. The zero-order valence-electron chi connectivity index (χ0n) is 15.2. The number of rotatable bonds is 4. The Bertz CT molecular complexity index is 647. The van der Waals surface area contributed by atoms with E-state index >= 15 is 0 Å². The predicted molar refractivity (Wildman–Crippen MR) is 93.9 cm³/mol. The molecule has 2 saturated heterocycles. The molecule has 1 N–H and O–H groups in total. The second-order valence-corrected chi connectivity index (χ2v) is 7.67. The van der Waals surface area contributed by atoms with Crippen LogP contribution in [0.25, 0.3) is 0 Å². The number of carbonyl (C=O) groups is 2. The molecule has 3 heterocycles. The molecule has 25 heavy (non-hydrogen) atoms. The lowest BCUT2D eigenvalue weighted by molar-refractivity contribution is -0.139. The minimum absolute atomic E-state index is 0.0499. The van der Waals surface area contributed by atoms with E-state index in [0.717, 1.165) is 31.5 Å². The molecule has 0 aliphatic carbocycles. The molecule has 2 amide bonds. The molecule has 2 aliphatic rings. The van der Waals surface area contributed by atoms with E-state index in [1.165, 1.54) is 0 Å². The Morgan fingerprint density at radius 2 is 2.20 bits per heavy atom. The summed E-state index contributed by atoms with van der Waals surface area (Å²) in [5, 5.41) is 2.68. The van der Waals surface area contributed by atoms with Gasteiger partial charge in [-0.15, -0.1) is 0 Å². The lowest BCUT2D eigenvalue weighted by atomic mass is 9.82. The van der Waals surface area contributed by atoms with E-state index in [4.69, 9.17) is 4.74 Å². The first-order chi connectivity index (χ1) is 11.9. The van der Waals surface area contributed by atoms with Gasteiger partial charge in [0.1, 0.15) is 0 Å². The Labute approximate surface area is 148 Å². The number of hydrogen-bond acceptors (Lipinski definition) is 4. The van der Waals surface area contributed by atoms with Crippen LogP contribution in [0.2, 0.25) is 0 Å². The molecule has 6 nitrogen and oxygen atoms in total. The van der Waals surface area contributed by atoms with Crippen LogP contribution in [0.3, 0.4) is 0 Å².